The molecule has 0 aromatic carbocycles. The summed E-state index contributed by atoms with van der Waals surface area (Å²) in [5, 5.41) is 0. The second kappa shape index (κ2) is 11.4. The van der Waals surface area contributed by atoms with Gasteiger partial charge in [0.05, 0.1) is 0 Å². The smallest absolute Gasteiger partial charge is 1.00 e. The summed E-state index contributed by atoms with van der Waals surface area (Å²) >= 11 is 0. The van der Waals surface area contributed by atoms with Gasteiger partial charge in [-0.25, -0.2) is 0 Å². The van der Waals surface area contributed by atoms with Crippen LogP contribution in [0.15, 0.2) is 5.80 Å². The topological polar surface area (TPSA) is 0 Å². The molecule has 1 rings (SSSR count). The van der Waals surface area contributed by atoms with E-state index in [1.165, 1.54) is 11.1 Å². The Balaban J connectivity index is -0.0000000612. The summed E-state index contributed by atoms with van der Waals surface area (Å²) in [7, 11) is 0.820. The Labute approximate surface area is 103 Å². The van der Waals surface area contributed by atoms with Gasteiger partial charge in [0.25, 0.3) is 0 Å². The molecule has 1 aromatic heterocycles. The van der Waals surface area contributed by atoms with Crippen molar-refractivity contribution in [3.05, 3.63) is 22.7 Å². The van der Waals surface area contributed by atoms with E-state index in [1.807, 2.05) is 0 Å². The quantitative estimate of drug-likeness (QED) is 0.323. The molecular weight excluding hydrogens is 257 g/mol. The van der Waals surface area contributed by atoms with Crippen LogP contribution in [0.3, 0.4) is 0 Å². The van der Waals surface area contributed by atoms with Crippen molar-refractivity contribution in [3.63, 3.8) is 0 Å². The number of rotatable bonds is 0. The first-order chi connectivity index (χ1) is 3.30. The Morgan fingerprint density at radius 2 is 1.64 bits per heavy atom. The normalized spacial score (nSPS) is 6.73. The van der Waals surface area contributed by atoms with Crippen LogP contribution in [0.4, 0.5) is 0 Å². The molecule has 0 N–H and O–H groups in total. The zero-order valence-corrected chi connectivity index (χ0v) is 11.0. The molecule has 11 heavy (non-hydrogen) atoms. The van der Waals surface area contributed by atoms with Crippen molar-refractivity contribution in [2.24, 2.45) is 0 Å². The van der Waals surface area contributed by atoms with Gasteiger partial charge in [0.2, 0.25) is 0 Å². The summed E-state index contributed by atoms with van der Waals surface area (Å²) in [4.78, 5) is 0. The molecule has 1 unspecified atom stereocenters. The van der Waals surface area contributed by atoms with Crippen LogP contribution >= 0.6 is 8.19 Å². The van der Waals surface area contributed by atoms with E-state index in [1.54, 1.807) is 0 Å². The van der Waals surface area contributed by atoms with Crippen LogP contribution in [0, 0.1) is 19.6 Å². The largest absolute Gasteiger partial charge is 4.00 e. The van der Waals surface area contributed by atoms with Crippen molar-refractivity contribution in [1.82, 2.24) is 0 Å². The predicted molar refractivity (Wildman–Crippen MR) is 34.3 cm³/mol. The van der Waals surface area contributed by atoms with E-state index in [0.29, 0.717) is 0 Å². The van der Waals surface area contributed by atoms with Crippen molar-refractivity contribution >= 4 is 8.19 Å². The molecule has 0 bridgehead atoms. The number of halogens is 3. The molecule has 5 heteroatoms. The maximum atomic E-state index is 3.22. The first-order valence-electron chi connectivity index (χ1n) is 2.33. The van der Waals surface area contributed by atoms with E-state index in [4.69, 9.17) is 0 Å². The molecule has 0 aliphatic carbocycles. The van der Waals surface area contributed by atoms with Gasteiger partial charge in [-0.3, -0.25) is 8.19 Å². The van der Waals surface area contributed by atoms with Crippen LogP contribution in [0.1, 0.15) is 11.1 Å². The molecule has 1 aromatic rings. The van der Waals surface area contributed by atoms with Gasteiger partial charge in [0, 0.05) is 0 Å². The second-order valence-corrected chi connectivity index (χ2v) is 2.55. The first-order valence-corrected chi connectivity index (χ1v) is 3.40. The standard InChI is InChI=1S/C6H8P.3ClH.Ti/c1-5-3-7-4-6(5)2;;;;/h3,7H,1-2H3;3*1H;/q-1;;;;+4/p-3. The second-order valence-electron chi connectivity index (χ2n) is 1.72. The summed E-state index contributed by atoms with van der Waals surface area (Å²) in [6.07, 6.45) is 0. The van der Waals surface area contributed by atoms with Gasteiger partial charge in [-0.05, 0) is 0 Å². The van der Waals surface area contributed by atoms with Gasteiger partial charge in [0.1, 0.15) is 0 Å². The van der Waals surface area contributed by atoms with Crippen molar-refractivity contribution < 1.29 is 58.9 Å². The Bertz CT molecular complexity index is 150. The fraction of sp³-hybridized carbons (Fsp3) is 0.333. The minimum Gasteiger partial charge on any atom is -1.00 e. The van der Waals surface area contributed by atoms with E-state index in [9.17, 15) is 0 Å². The Hall–Kier alpha value is 1.36. The fourth-order valence-corrected chi connectivity index (χ4v) is 1.38. The fourth-order valence-electron chi connectivity index (χ4n) is 0.459. The van der Waals surface area contributed by atoms with Crippen LogP contribution in [-0.4, -0.2) is 0 Å². The van der Waals surface area contributed by atoms with E-state index in [2.05, 4.69) is 25.4 Å². The SMILES string of the molecule is Cc1[c-][pH]cc1C.[Cl-].[Cl-].[Cl-].[Ti+4]. The zero-order chi connectivity index (χ0) is 5.28. The minimum atomic E-state index is 0. The molecule has 0 aliphatic heterocycles. The third-order valence-corrected chi connectivity index (χ3v) is 2.24. The van der Waals surface area contributed by atoms with E-state index in [0.717, 1.165) is 8.19 Å². The van der Waals surface area contributed by atoms with E-state index < -0.39 is 0 Å². The molecule has 0 radical (unpaired) electrons. The Morgan fingerprint density at radius 1 is 1.18 bits per heavy atom. The average molecular weight is 265 g/mol. The van der Waals surface area contributed by atoms with Crippen LogP contribution in [0.5, 0.6) is 0 Å². The number of hydrogen-bond donors (Lipinski definition) is 0. The summed E-state index contributed by atoms with van der Waals surface area (Å²) in [5.41, 5.74) is 2.73. The Morgan fingerprint density at radius 3 is 1.73 bits per heavy atom. The molecule has 0 amide bonds. The number of aryl methyl sites for hydroxylation is 2. The molecule has 0 nitrogen and oxygen atoms in total. The third kappa shape index (κ3) is 7.72. The maximum Gasteiger partial charge on any atom is 4.00 e. The molecule has 1 heterocycles. The molecule has 0 saturated carbocycles. The first kappa shape index (κ1) is 22.8. The van der Waals surface area contributed by atoms with Crippen LogP contribution < -0.4 is 37.2 Å². The molecule has 62 valence electrons. The van der Waals surface area contributed by atoms with E-state index >= 15 is 0 Å². The molecule has 0 aliphatic rings. The Kier molecular flexibility index (Phi) is 23.6. The predicted octanol–water partition coefficient (Wildman–Crippen LogP) is -6.86. The van der Waals surface area contributed by atoms with Gasteiger partial charge in [-0.15, -0.1) is 0 Å². The van der Waals surface area contributed by atoms with Crippen LogP contribution in [-0.2, 0) is 21.7 Å². The molecule has 0 saturated heterocycles. The zero-order valence-electron chi connectivity index (χ0n) is 6.21. The summed E-state index contributed by atoms with van der Waals surface area (Å²) < 4.78 is 0. The summed E-state index contributed by atoms with van der Waals surface area (Å²) in [6, 6.07) is 0. The minimum absolute atomic E-state index is 0. The van der Waals surface area contributed by atoms with Crippen LogP contribution in [0.2, 0.25) is 0 Å². The van der Waals surface area contributed by atoms with Crippen molar-refractivity contribution in [2.45, 2.75) is 13.8 Å². The van der Waals surface area contributed by atoms with Crippen molar-refractivity contribution in [2.75, 3.05) is 0 Å². The molecule has 1 atom stereocenters. The molecule has 0 fully saturated rings. The van der Waals surface area contributed by atoms with Crippen LogP contribution in [0.25, 0.3) is 0 Å². The molecular formula is C6H8Cl3PTi. The maximum absolute atomic E-state index is 3.22. The summed E-state index contributed by atoms with van der Waals surface area (Å²) in [5.74, 6) is 5.44. The van der Waals surface area contributed by atoms with Crippen molar-refractivity contribution in [1.29, 1.82) is 0 Å². The van der Waals surface area contributed by atoms with Gasteiger partial charge in [0.15, 0.2) is 0 Å². The van der Waals surface area contributed by atoms with Crippen molar-refractivity contribution in [3.8, 4) is 0 Å². The van der Waals surface area contributed by atoms with Gasteiger partial charge >= 0.3 is 21.7 Å². The van der Waals surface area contributed by atoms with Gasteiger partial charge < -0.3 is 37.2 Å². The van der Waals surface area contributed by atoms with Gasteiger partial charge in [-0.1, -0.05) is 13.8 Å². The third-order valence-electron chi connectivity index (χ3n) is 1.14. The average Bonchev–Trinajstić information content (AvgIpc) is 1.91. The van der Waals surface area contributed by atoms with Gasteiger partial charge in [-0.2, -0.15) is 22.7 Å². The summed E-state index contributed by atoms with van der Waals surface area (Å²) in [6.45, 7) is 4.23. The molecule has 0 spiro atoms. The number of hydrogen-bond acceptors (Lipinski definition) is 0. The van der Waals surface area contributed by atoms with E-state index in [-0.39, 0.29) is 58.9 Å². The monoisotopic (exact) mass is 264 g/mol.